The number of rotatable bonds is 7. The van der Waals surface area contributed by atoms with Crippen molar-refractivity contribution in [2.75, 3.05) is 0 Å². The first-order valence-electron chi connectivity index (χ1n) is 31.5. The average molecular weight is 1370 g/mol. The SMILES string of the molecule is CC(C)(C)c1cc(-c2cc(C(C)(C)C)cc(-c3ccccc3)c2-n2[c](=[Pt])n(-c3cccc(Oc4ccc5c6cc7c(cc6n(-c6cc(C(C)(C)C)ccn6)c5c4)C4(c5ccccc5Sc5ccccc54)c4ccccc4-7)c3)c3ccccc32)cc(C(C)(C)C)c1. The van der Waals surface area contributed by atoms with Gasteiger partial charge in [-0.2, -0.15) is 0 Å². The molecule has 0 unspecified atom stereocenters. The molecule has 0 saturated heterocycles. The van der Waals surface area contributed by atoms with E-state index in [4.69, 9.17) is 9.72 Å². The molecule has 4 heterocycles. The van der Waals surface area contributed by atoms with Gasteiger partial charge in [0.15, 0.2) is 0 Å². The zero-order valence-corrected chi connectivity index (χ0v) is 56.4. The van der Waals surface area contributed by atoms with Gasteiger partial charge >= 0.3 is 371 Å². The molecule has 1 aliphatic heterocycles. The molecule has 2 aliphatic rings. The van der Waals surface area contributed by atoms with E-state index in [1.165, 1.54) is 93.1 Å². The molecule has 0 radical (unpaired) electrons. The third kappa shape index (κ3) is 9.37. The molecule has 0 N–H and O–H groups in total. The molecule has 90 heavy (non-hydrogen) atoms. The van der Waals surface area contributed by atoms with Gasteiger partial charge in [-0.1, -0.05) is 93.2 Å². The van der Waals surface area contributed by atoms with E-state index in [-0.39, 0.29) is 21.7 Å². The third-order valence-electron chi connectivity index (χ3n) is 18.8. The van der Waals surface area contributed by atoms with Crippen molar-refractivity contribution in [2.45, 2.75) is 120 Å². The van der Waals surface area contributed by atoms with Crippen LogP contribution in [0.3, 0.4) is 0 Å². The van der Waals surface area contributed by atoms with Gasteiger partial charge in [0.25, 0.3) is 0 Å². The Bertz CT molecular complexity index is 5070. The van der Waals surface area contributed by atoms with E-state index >= 15 is 0 Å². The number of hydrogen-bond donors (Lipinski definition) is 0. The number of benzene rings is 10. The molecule has 0 bridgehead atoms. The molecule has 7 heteroatoms. The Hall–Kier alpha value is -8.54. The number of ether oxygens (including phenoxy) is 1. The number of hydrogen-bond acceptors (Lipinski definition) is 3. The van der Waals surface area contributed by atoms with Crippen LogP contribution in [0.2, 0.25) is 0 Å². The maximum absolute atomic E-state index is 7.17. The van der Waals surface area contributed by atoms with Crippen molar-refractivity contribution >= 4 is 44.6 Å². The summed E-state index contributed by atoms with van der Waals surface area (Å²) >= 11 is 4.46. The second-order valence-electron chi connectivity index (χ2n) is 28.8. The first kappa shape index (κ1) is 57.9. The first-order chi connectivity index (χ1) is 43.1. The number of imidazole rings is 1. The molecule has 5 nitrogen and oxygen atoms in total. The van der Waals surface area contributed by atoms with Crippen molar-refractivity contribution < 1.29 is 24.1 Å². The Morgan fingerprint density at radius 2 is 0.933 bits per heavy atom. The van der Waals surface area contributed by atoms with E-state index in [1.54, 1.807) is 0 Å². The minimum absolute atomic E-state index is 0.0719. The van der Waals surface area contributed by atoms with Crippen LogP contribution in [0.4, 0.5) is 0 Å². The second-order valence-corrected chi connectivity index (χ2v) is 30.9. The zero-order valence-electron chi connectivity index (χ0n) is 53.4. The van der Waals surface area contributed by atoms with Gasteiger partial charge in [0.05, 0.1) is 5.41 Å². The van der Waals surface area contributed by atoms with Crippen LogP contribution in [0.1, 0.15) is 128 Å². The van der Waals surface area contributed by atoms with E-state index in [0.717, 1.165) is 59.9 Å². The molecule has 448 valence electrons. The van der Waals surface area contributed by atoms with Crippen LogP contribution in [-0.4, -0.2) is 18.7 Å². The quantitative estimate of drug-likeness (QED) is 0.160. The van der Waals surface area contributed by atoms with Crippen LogP contribution in [0.25, 0.3) is 83.4 Å². The van der Waals surface area contributed by atoms with Crippen molar-refractivity contribution in [2.24, 2.45) is 0 Å². The first-order valence-corrected chi connectivity index (χ1v) is 33.4. The molecule has 1 aliphatic carbocycles. The van der Waals surface area contributed by atoms with Crippen molar-refractivity contribution in [3.63, 3.8) is 0 Å². The Labute approximate surface area is 544 Å². The molecule has 13 aromatic rings. The van der Waals surface area contributed by atoms with Crippen LogP contribution in [0.15, 0.2) is 240 Å². The molecule has 3 aromatic heterocycles. The summed E-state index contributed by atoms with van der Waals surface area (Å²) in [6.45, 7) is 27.8. The fourth-order valence-corrected chi connectivity index (χ4v) is 16.4. The molecule has 0 atom stereocenters. The molecule has 0 amide bonds. The normalized spacial score (nSPS) is 13.7. The van der Waals surface area contributed by atoms with Crippen molar-refractivity contribution in [1.29, 1.82) is 0 Å². The van der Waals surface area contributed by atoms with Gasteiger partial charge in [0.2, 0.25) is 0 Å². The Kier molecular flexibility index (Phi) is 13.5. The summed E-state index contributed by atoms with van der Waals surface area (Å²) in [7, 11) is 0. The number of nitrogens with zero attached hydrogens (tertiary/aromatic N) is 4. The fourth-order valence-electron chi connectivity index (χ4n) is 14.1. The van der Waals surface area contributed by atoms with Gasteiger partial charge in [-0.05, 0) is 62.6 Å². The summed E-state index contributed by atoms with van der Waals surface area (Å²) in [6, 6.07) is 83.9. The summed E-state index contributed by atoms with van der Waals surface area (Å²) in [5.41, 5.74) is 23.3. The predicted octanol–water partition coefficient (Wildman–Crippen LogP) is 22.1. The molecule has 1 spiro atoms. The van der Waals surface area contributed by atoms with Crippen molar-refractivity contribution in [1.82, 2.24) is 18.7 Å². The van der Waals surface area contributed by atoms with Crippen LogP contribution in [0.5, 0.6) is 11.5 Å². The third-order valence-corrected chi connectivity index (χ3v) is 21.0. The summed E-state index contributed by atoms with van der Waals surface area (Å²) in [5.74, 6) is 2.35. The standard InChI is InChI=1S/C83H74N4OS.Pt/c1-79(2,3)54-39-40-84-77(46-54)87-73-48-60(37-38-62(73)66-49-65-61-29-16-17-30-67(61)83(70(65)50-74(66)87)68-31-18-22-35-75(68)89-76-36-23-19-32-69(76)83)88-59-28-24-27-58(47-59)85-51-86(72-34-21-20-33-71(72)85)78-63(52-25-14-13-15-26-52)44-57(82(10,11)12)45-64(78)53-41-55(80(4,5)6)43-56(42-53)81(7,8)9;/h13-50H,1-12H3;. The van der Waals surface area contributed by atoms with Gasteiger partial charge in [-0.25, -0.2) is 0 Å². The molecule has 10 aromatic carbocycles. The number of para-hydroxylation sites is 2. The van der Waals surface area contributed by atoms with Crippen molar-refractivity contribution in [3.05, 3.63) is 279 Å². The number of pyridine rings is 1. The summed E-state index contributed by atoms with van der Waals surface area (Å²) in [5, 5.41) is 2.31. The maximum atomic E-state index is 7.17. The molecular weight excluding hydrogens is 1300 g/mol. The predicted molar refractivity (Wildman–Crippen MR) is 372 cm³/mol. The number of fused-ring (bicyclic) bond motifs is 13. The van der Waals surface area contributed by atoms with Gasteiger partial charge < -0.3 is 0 Å². The van der Waals surface area contributed by atoms with Gasteiger partial charge in [0, 0.05) is 16.0 Å². The zero-order chi connectivity index (χ0) is 62.4. The Balaban J connectivity index is 0.914. The van der Waals surface area contributed by atoms with Crippen molar-refractivity contribution in [3.8, 4) is 62.1 Å². The van der Waals surface area contributed by atoms with Gasteiger partial charge in [-0.15, -0.1) is 0 Å². The second kappa shape index (κ2) is 21.0. The van der Waals surface area contributed by atoms with Crippen LogP contribution < -0.4 is 4.74 Å². The average Bonchev–Trinajstić information content (AvgIpc) is 1.47. The summed E-state index contributed by atoms with van der Waals surface area (Å²) < 4.78 is 15.5. The van der Waals surface area contributed by atoms with E-state index in [9.17, 15) is 0 Å². The monoisotopic (exact) mass is 1370 g/mol. The van der Waals surface area contributed by atoms with Gasteiger partial charge in [0.1, 0.15) is 0 Å². The van der Waals surface area contributed by atoms with Crippen LogP contribution in [-0.2, 0) is 46.4 Å². The van der Waals surface area contributed by atoms with E-state index in [1.807, 2.05) is 18.0 Å². The topological polar surface area (TPSA) is 36.9 Å². The Morgan fingerprint density at radius 1 is 0.378 bits per heavy atom. The van der Waals surface area contributed by atoms with E-state index < -0.39 is 5.41 Å². The summed E-state index contributed by atoms with van der Waals surface area (Å²) in [4.78, 5) is 7.79. The summed E-state index contributed by atoms with van der Waals surface area (Å²) in [6.07, 6.45) is 1.97. The van der Waals surface area contributed by atoms with E-state index in [2.05, 4.69) is 341 Å². The minimum atomic E-state index is -0.528. The Morgan fingerprint density at radius 3 is 1.59 bits per heavy atom. The van der Waals surface area contributed by atoms with Crippen LogP contribution in [0, 0.1) is 3.80 Å². The van der Waals surface area contributed by atoms with E-state index in [0.29, 0.717) is 0 Å². The molecular formula is C83H74N4OPtS. The molecule has 0 fully saturated rings. The fraction of sp³-hybridized carbons (Fsp3) is 0.205. The number of aromatic nitrogens is 4. The van der Waals surface area contributed by atoms with Crippen LogP contribution >= 0.6 is 11.8 Å². The molecule has 15 rings (SSSR count). The van der Waals surface area contributed by atoms with Gasteiger partial charge in [-0.3, -0.25) is 0 Å². The molecule has 0 saturated carbocycles.